The van der Waals surface area contributed by atoms with E-state index in [1.165, 1.54) is 36.5 Å². The monoisotopic (exact) mass is 745 g/mol. The fraction of sp³-hybridized carbons (Fsp3) is 0. The summed E-state index contributed by atoms with van der Waals surface area (Å²) in [6.07, 6.45) is 0. The molecule has 0 saturated heterocycles. The molecule has 0 unspecified atom stereocenters. The molecule has 4 heterocycles. The number of hydrogen-bond donors (Lipinski definition) is 0. The SMILES string of the molecule is c1ccc(-c2nc(-c3cccc(-c4ccc5sc6ccccc6c5c4)c3)nc(-n3c4ccccc4c4c3ccc3c5ccccc5n(-c5ccccc5)c34)n2)cc1. The van der Waals surface area contributed by atoms with Crippen molar-refractivity contribution in [2.24, 2.45) is 0 Å². The summed E-state index contributed by atoms with van der Waals surface area (Å²) in [6.45, 7) is 0. The minimum atomic E-state index is 0.573. The Morgan fingerprint density at radius 3 is 1.79 bits per heavy atom. The molecule has 12 aromatic rings. The van der Waals surface area contributed by atoms with Crippen LogP contribution in [-0.2, 0) is 0 Å². The molecule has 0 bridgehead atoms. The minimum Gasteiger partial charge on any atom is -0.309 e. The molecule has 0 spiro atoms. The first-order chi connectivity index (χ1) is 28.3. The fourth-order valence-corrected chi connectivity index (χ4v) is 9.71. The van der Waals surface area contributed by atoms with Crippen LogP contribution in [-0.4, -0.2) is 24.1 Å². The lowest BCUT2D eigenvalue weighted by atomic mass is 10.0. The van der Waals surface area contributed by atoms with Crippen LogP contribution in [0, 0.1) is 0 Å². The number of nitrogens with zero attached hydrogens (tertiary/aromatic N) is 5. The number of rotatable bonds is 5. The molecule has 0 saturated carbocycles. The third-order valence-electron chi connectivity index (χ3n) is 11.2. The average molecular weight is 746 g/mol. The van der Waals surface area contributed by atoms with E-state index in [1.54, 1.807) is 0 Å². The summed E-state index contributed by atoms with van der Waals surface area (Å²) in [5.74, 6) is 1.81. The molecule has 266 valence electrons. The van der Waals surface area contributed by atoms with Gasteiger partial charge < -0.3 is 4.57 Å². The topological polar surface area (TPSA) is 48.5 Å². The maximum absolute atomic E-state index is 5.33. The summed E-state index contributed by atoms with van der Waals surface area (Å²) in [5.41, 5.74) is 9.64. The second-order valence-electron chi connectivity index (χ2n) is 14.4. The normalized spacial score (nSPS) is 11.9. The largest absolute Gasteiger partial charge is 0.309 e. The molecule has 4 aromatic heterocycles. The zero-order valence-electron chi connectivity index (χ0n) is 30.5. The summed E-state index contributed by atoms with van der Waals surface area (Å²) >= 11 is 1.84. The Kier molecular flexibility index (Phi) is 7.03. The van der Waals surface area contributed by atoms with E-state index in [9.17, 15) is 0 Å². The van der Waals surface area contributed by atoms with Crippen LogP contribution in [0.2, 0.25) is 0 Å². The van der Waals surface area contributed by atoms with Crippen LogP contribution in [0.1, 0.15) is 0 Å². The van der Waals surface area contributed by atoms with E-state index in [4.69, 9.17) is 15.0 Å². The molecule has 5 nitrogen and oxygen atoms in total. The van der Waals surface area contributed by atoms with Gasteiger partial charge in [0.05, 0.1) is 22.1 Å². The second kappa shape index (κ2) is 12.6. The minimum absolute atomic E-state index is 0.573. The molecule has 0 aliphatic heterocycles. The van der Waals surface area contributed by atoms with Crippen molar-refractivity contribution in [1.29, 1.82) is 0 Å². The van der Waals surface area contributed by atoms with Crippen molar-refractivity contribution in [3.05, 3.63) is 188 Å². The molecule has 6 heteroatoms. The van der Waals surface area contributed by atoms with Gasteiger partial charge in [0.15, 0.2) is 11.6 Å². The maximum atomic E-state index is 5.33. The summed E-state index contributed by atoms with van der Waals surface area (Å²) in [4.78, 5) is 15.7. The van der Waals surface area contributed by atoms with E-state index in [0.29, 0.717) is 17.6 Å². The van der Waals surface area contributed by atoms with Crippen molar-refractivity contribution < 1.29 is 0 Å². The van der Waals surface area contributed by atoms with Crippen molar-refractivity contribution in [2.75, 3.05) is 0 Å². The Bertz CT molecular complexity index is 3520. The van der Waals surface area contributed by atoms with Crippen molar-refractivity contribution in [2.45, 2.75) is 0 Å². The van der Waals surface area contributed by atoms with Gasteiger partial charge in [0, 0.05) is 58.5 Å². The Labute approximate surface area is 331 Å². The van der Waals surface area contributed by atoms with Crippen LogP contribution in [0.15, 0.2) is 188 Å². The third-order valence-corrected chi connectivity index (χ3v) is 12.3. The Balaban J connectivity index is 1.11. The van der Waals surface area contributed by atoms with Gasteiger partial charge >= 0.3 is 0 Å². The molecule has 57 heavy (non-hydrogen) atoms. The first-order valence-electron chi connectivity index (χ1n) is 19.1. The molecular formula is C51H31N5S. The number of para-hydroxylation sites is 3. The Morgan fingerprint density at radius 1 is 0.351 bits per heavy atom. The zero-order valence-corrected chi connectivity index (χ0v) is 31.4. The lowest BCUT2D eigenvalue weighted by Crippen LogP contribution is -2.06. The van der Waals surface area contributed by atoms with Crippen LogP contribution in [0.5, 0.6) is 0 Å². The van der Waals surface area contributed by atoms with Crippen LogP contribution < -0.4 is 0 Å². The first-order valence-corrected chi connectivity index (χ1v) is 19.9. The number of hydrogen-bond acceptors (Lipinski definition) is 4. The summed E-state index contributed by atoms with van der Waals surface area (Å²) in [5, 5.41) is 7.29. The molecule has 0 fully saturated rings. The van der Waals surface area contributed by atoms with Gasteiger partial charge in [-0.25, -0.2) is 4.98 Å². The predicted molar refractivity (Wildman–Crippen MR) is 238 cm³/mol. The molecule has 0 aliphatic rings. The van der Waals surface area contributed by atoms with E-state index in [1.807, 2.05) is 29.5 Å². The van der Waals surface area contributed by atoms with Crippen molar-refractivity contribution in [3.63, 3.8) is 0 Å². The number of benzene rings is 8. The number of fused-ring (bicyclic) bond motifs is 10. The average Bonchev–Trinajstić information content (AvgIpc) is 3.94. The highest BCUT2D eigenvalue weighted by Gasteiger charge is 2.23. The zero-order chi connectivity index (χ0) is 37.5. The second-order valence-corrected chi connectivity index (χ2v) is 15.5. The highest BCUT2D eigenvalue weighted by Crippen LogP contribution is 2.42. The summed E-state index contributed by atoms with van der Waals surface area (Å²) in [6, 6.07) is 66.6. The molecule has 0 N–H and O–H groups in total. The maximum Gasteiger partial charge on any atom is 0.238 e. The van der Waals surface area contributed by atoms with E-state index in [-0.39, 0.29) is 0 Å². The summed E-state index contributed by atoms with van der Waals surface area (Å²) < 4.78 is 7.21. The highest BCUT2D eigenvalue weighted by atomic mass is 32.1. The van der Waals surface area contributed by atoms with Crippen molar-refractivity contribution in [3.8, 4) is 45.5 Å². The highest BCUT2D eigenvalue weighted by molar-refractivity contribution is 7.25. The van der Waals surface area contributed by atoms with Gasteiger partial charge in [-0.15, -0.1) is 11.3 Å². The lowest BCUT2D eigenvalue weighted by Gasteiger charge is -2.12. The Hall–Kier alpha value is -7.41. The van der Waals surface area contributed by atoms with Crippen LogP contribution in [0.3, 0.4) is 0 Å². The Morgan fingerprint density at radius 2 is 0.965 bits per heavy atom. The molecule has 12 rings (SSSR count). The summed E-state index contributed by atoms with van der Waals surface area (Å²) in [7, 11) is 0. The third kappa shape index (κ3) is 4.98. The quantitative estimate of drug-likeness (QED) is 0.176. The van der Waals surface area contributed by atoms with Gasteiger partial charge in [-0.2, -0.15) is 9.97 Å². The molecule has 8 aromatic carbocycles. The van der Waals surface area contributed by atoms with Gasteiger partial charge in [0.1, 0.15) is 0 Å². The van der Waals surface area contributed by atoms with Gasteiger partial charge in [-0.1, -0.05) is 133 Å². The van der Waals surface area contributed by atoms with Crippen LogP contribution in [0.4, 0.5) is 0 Å². The van der Waals surface area contributed by atoms with E-state index < -0.39 is 0 Å². The molecule has 0 amide bonds. The van der Waals surface area contributed by atoms with Crippen molar-refractivity contribution in [1.82, 2.24) is 24.1 Å². The van der Waals surface area contributed by atoms with E-state index in [0.717, 1.165) is 55.3 Å². The van der Waals surface area contributed by atoms with E-state index >= 15 is 0 Å². The van der Waals surface area contributed by atoms with Gasteiger partial charge in [0.2, 0.25) is 5.95 Å². The molecule has 0 radical (unpaired) electrons. The fourth-order valence-electron chi connectivity index (χ4n) is 8.62. The lowest BCUT2D eigenvalue weighted by molar-refractivity contribution is 0.953. The smallest absolute Gasteiger partial charge is 0.238 e. The van der Waals surface area contributed by atoms with Gasteiger partial charge in [-0.05, 0) is 65.7 Å². The van der Waals surface area contributed by atoms with Crippen LogP contribution in [0.25, 0.3) is 109 Å². The number of thiophene rings is 1. The molecule has 0 atom stereocenters. The van der Waals surface area contributed by atoms with Gasteiger partial charge in [0.25, 0.3) is 0 Å². The standard InChI is InChI=1S/C51H31N5S/c1-3-14-32(15-4-1)49-52-50(35-17-13-16-33(30-35)34-26-29-46-41(31-34)38-21-9-12-25-45(38)57-46)54-51(53-49)56-43-24-11-8-22-40(43)47-44(56)28-27-39-37-20-7-10-23-42(37)55(48(39)47)36-18-5-2-6-19-36/h1-31H. The number of aromatic nitrogens is 5. The predicted octanol–water partition coefficient (Wildman–Crippen LogP) is 13.4. The van der Waals surface area contributed by atoms with E-state index in [2.05, 4.69) is 179 Å². The van der Waals surface area contributed by atoms with Crippen LogP contribution >= 0.6 is 11.3 Å². The first kappa shape index (κ1) is 31.9. The van der Waals surface area contributed by atoms with Gasteiger partial charge in [-0.3, -0.25) is 4.57 Å². The van der Waals surface area contributed by atoms with Crippen molar-refractivity contribution >= 4 is 75.1 Å². The molecule has 0 aliphatic carbocycles. The molecular weight excluding hydrogens is 715 g/mol.